The number of nitrogens with one attached hydrogen (secondary N) is 1. The predicted molar refractivity (Wildman–Crippen MR) is 123 cm³/mol. The molecule has 0 saturated carbocycles. The second kappa shape index (κ2) is 9.72. The summed E-state index contributed by atoms with van der Waals surface area (Å²) in [6, 6.07) is 12.9. The van der Waals surface area contributed by atoms with Gasteiger partial charge in [-0.3, -0.25) is 10.1 Å². The smallest absolute Gasteiger partial charge is 0.322 e. The van der Waals surface area contributed by atoms with E-state index in [0.717, 1.165) is 25.7 Å². The fourth-order valence-corrected chi connectivity index (χ4v) is 5.70. The summed E-state index contributed by atoms with van der Waals surface area (Å²) in [6.07, 6.45) is 3.55. The number of piperidine rings is 1. The molecule has 33 heavy (non-hydrogen) atoms. The third kappa shape index (κ3) is 4.91. The van der Waals surface area contributed by atoms with Crippen molar-refractivity contribution in [3.8, 4) is 17.2 Å². The molecule has 10 heteroatoms. The molecule has 3 aromatic rings. The fraction of sp³-hybridized carbons (Fsp3) is 0.348. The number of amides is 1. The SMILES string of the molecule is CC[C@H]1CCCCN1S(=O)(=O)c1ccc(C(=O)Nc2nnc(-c3cccc(OC)c3)o2)cc1. The van der Waals surface area contributed by atoms with Crippen molar-refractivity contribution in [2.45, 2.75) is 43.5 Å². The molecule has 1 aromatic heterocycles. The Kier molecular flexibility index (Phi) is 6.75. The molecule has 0 bridgehead atoms. The van der Waals surface area contributed by atoms with Gasteiger partial charge in [-0.2, -0.15) is 4.31 Å². The zero-order valence-electron chi connectivity index (χ0n) is 18.5. The topological polar surface area (TPSA) is 115 Å². The van der Waals surface area contributed by atoms with Crippen molar-refractivity contribution in [2.24, 2.45) is 0 Å². The van der Waals surface area contributed by atoms with E-state index in [-0.39, 0.29) is 28.4 Å². The molecule has 9 nitrogen and oxygen atoms in total. The maximum absolute atomic E-state index is 13.1. The first-order valence-corrected chi connectivity index (χ1v) is 12.3. The Morgan fingerprint density at radius 3 is 2.70 bits per heavy atom. The van der Waals surface area contributed by atoms with E-state index < -0.39 is 15.9 Å². The maximum atomic E-state index is 13.1. The monoisotopic (exact) mass is 470 g/mol. The van der Waals surface area contributed by atoms with Gasteiger partial charge in [0.1, 0.15) is 5.75 Å². The number of anilines is 1. The molecule has 0 aliphatic carbocycles. The first-order chi connectivity index (χ1) is 15.9. The van der Waals surface area contributed by atoms with Gasteiger partial charge in [0.25, 0.3) is 5.91 Å². The van der Waals surface area contributed by atoms with Crippen molar-refractivity contribution >= 4 is 21.9 Å². The lowest BCUT2D eigenvalue weighted by atomic mass is 10.0. The van der Waals surface area contributed by atoms with Gasteiger partial charge in [0.05, 0.1) is 12.0 Å². The number of carbonyl (C=O) groups excluding carboxylic acids is 1. The van der Waals surface area contributed by atoms with Gasteiger partial charge in [0, 0.05) is 23.7 Å². The highest BCUT2D eigenvalue weighted by Crippen LogP contribution is 2.27. The second-order valence-electron chi connectivity index (χ2n) is 7.80. The molecule has 0 radical (unpaired) electrons. The average molecular weight is 471 g/mol. The van der Waals surface area contributed by atoms with E-state index in [1.165, 1.54) is 24.3 Å². The summed E-state index contributed by atoms with van der Waals surface area (Å²) in [5.41, 5.74) is 0.931. The van der Waals surface area contributed by atoms with Crippen molar-refractivity contribution in [1.82, 2.24) is 14.5 Å². The Labute approximate surface area is 192 Å². The number of methoxy groups -OCH3 is 1. The van der Waals surface area contributed by atoms with E-state index in [4.69, 9.17) is 9.15 Å². The first-order valence-electron chi connectivity index (χ1n) is 10.8. The molecule has 1 atom stereocenters. The van der Waals surface area contributed by atoms with Crippen LogP contribution in [0.4, 0.5) is 6.01 Å². The van der Waals surface area contributed by atoms with Crippen LogP contribution in [0.3, 0.4) is 0 Å². The Hall–Kier alpha value is -3.24. The van der Waals surface area contributed by atoms with Crippen LogP contribution >= 0.6 is 0 Å². The number of carbonyl (C=O) groups is 1. The Bertz CT molecular complexity index is 1220. The maximum Gasteiger partial charge on any atom is 0.322 e. The van der Waals surface area contributed by atoms with Crippen LogP contribution in [-0.4, -0.2) is 48.5 Å². The van der Waals surface area contributed by atoms with E-state index in [2.05, 4.69) is 15.5 Å². The highest BCUT2D eigenvalue weighted by Gasteiger charge is 2.32. The standard InChI is InChI=1S/C23H26N4O5S/c1-3-18-8-4-5-14-27(18)33(29,30)20-12-10-16(11-13-20)21(28)24-23-26-25-22(32-23)17-7-6-9-19(15-17)31-2/h6-7,9-13,15,18H,3-5,8,14H2,1-2H3,(H,24,26,28)/t18-/m0/s1. The van der Waals surface area contributed by atoms with Crippen molar-refractivity contribution in [1.29, 1.82) is 0 Å². The Balaban J connectivity index is 1.46. The van der Waals surface area contributed by atoms with Crippen LogP contribution in [0, 0.1) is 0 Å². The van der Waals surface area contributed by atoms with Crippen LogP contribution in [0.5, 0.6) is 5.75 Å². The molecule has 174 valence electrons. The number of nitrogens with zero attached hydrogens (tertiary/aromatic N) is 3. The second-order valence-corrected chi connectivity index (χ2v) is 9.69. The van der Waals surface area contributed by atoms with Crippen LogP contribution < -0.4 is 10.1 Å². The molecule has 1 N–H and O–H groups in total. The summed E-state index contributed by atoms with van der Waals surface area (Å²) >= 11 is 0. The van der Waals surface area contributed by atoms with Gasteiger partial charge < -0.3 is 9.15 Å². The summed E-state index contributed by atoms with van der Waals surface area (Å²) in [4.78, 5) is 12.8. The summed E-state index contributed by atoms with van der Waals surface area (Å²) < 4.78 is 38.5. The van der Waals surface area contributed by atoms with E-state index in [9.17, 15) is 13.2 Å². The minimum absolute atomic E-state index is 0.0167. The number of hydrogen-bond donors (Lipinski definition) is 1. The summed E-state index contributed by atoms with van der Waals surface area (Å²) in [5.74, 6) is 0.392. The molecular formula is C23H26N4O5S. The van der Waals surface area contributed by atoms with E-state index in [0.29, 0.717) is 17.9 Å². The lowest BCUT2D eigenvalue weighted by Gasteiger charge is -2.34. The van der Waals surface area contributed by atoms with Crippen molar-refractivity contribution in [2.75, 3.05) is 19.0 Å². The quantitative estimate of drug-likeness (QED) is 0.556. The van der Waals surface area contributed by atoms with Gasteiger partial charge in [0.15, 0.2) is 0 Å². The number of aromatic nitrogens is 2. The molecule has 1 saturated heterocycles. The average Bonchev–Trinajstić information content (AvgIpc) is 3.32. The van der Waals surface area contributed by atoms with Crippen LogP contribution in [-0.2, 0) is 10.0 Å². The lowest BCUT2D eigenvalue weighted by Crippen LogP contribution is -2.43. The fourth-order valence-electron chi connectivity index (χ4n) is 3.93. The predicted octanol–water partition coefficient (Wildman–Crippen LogP) is 3.95. The van der Waals surface area contributed by atoms with Crippen molar-refractivity contribution in [3.63, 3.8) is 0 Å². The lowest BCUT2D eigenvalue weighted by molar-refractivity contribution is 0.102. The molecular weight excluding hydrogens is 444 g/mol. The molecule has 0 spiro atoms. The van der Waals surface area contributed by atoms with Crippen LogP contribution in [0.1, 0.15) is 43.0 Å². The largest absolute Gasteiger partial charge is 0.497 e. The minimum atomic E-state index is -3.61. The van der Waals surface area contributed by atoms with Crippen LogP contribution in [0.15, 0.2) is 57.8 Å². The molecule has 0 unspecified atom stereocenters. The molecule has 1 amide bonds. The first kappa shape index (κ1) is 22.9. The summed E-state index contributed by atoms with van der Waals surface area (Å²) in [7, 11) is -2.05. The number of benzene rings is 2. The van der Waals surface area contributed by atoms with Gasteiger partial charge in [-0.15, -0.1) is 5.10 Å². The normalized spacial score (nSPS) is 17.0. The molecule has 2 heterocycles. The third-order valence-electron chi connectivity index (χ3n) is 5.73. The van der Waals surface area contributed by atoms with Crippen molar-refractivity contribution < 1.29 is 22.4 Å². The Morgan fingerprint density at radius 2 is 1.97 bits per heavy atom. The van der Waals surface area contributed by atoms with Crippen LogP contribution in [0.2, 0.25) is 0 Å². The van der Waals surface area contributed by atoms with E-state index in [1.807, 2.05) is 6.92 Å². The zero-order valence-corrected chi connectivity index (χ0v) is 19.3. The number of hydrogen-bond acceptors (Lipinski definition) is 7. The van der Waals surface area contributed by atoms with Gasteiger partial charge in [-0.1, -0.05) is 24.5 Å². The highest BCUT2D eigenvalue weighted by atomic mass is 32.2. The molecule has 2 aromatic carbocycles. The molecule has 1 fully saturated rings. The number of ether oxygens (including phenoxy) is 1. The van der Waals surface area contributed by atoms with Crippen molar-refractivity contribution in [3.05, 3.63) is 54.1 Å². The van der Waals surface area contributed by atoms with Gasteiger partial charge in [0.2, 0.25) is 15.9 Å². The molecule has 4 rings (SSSR count). The molecule has 1 aliphatic heterocycles. The van der Waals surface area contributed by atoms with Gasteiger partial charge >= 0.3 is 6.01 Å². The van der Waals surface area contributed by atoms with E-state index in [1.54, 1.807) is 35.7 Å². The summed E-state index contributed by atoms with van der Waals surface area (Å²) in [5, 5.41) is 10.4. The molecule has 1 aliphatic rings. The van der Waals surface area contributed by atoms with Gasteiger partial charge in [-0.05, 0) is 61.7 Å². The summed E-state index contributed by atoms with van der Waals surface area (Å²) in [6.45, 7) is 2.53. The Morgan fingerprint density at radius 1 is 1.18 bits per heavy atom. The highest BCUT2D eigenvalue weighted by molar-refractivity contribution is 7.89. The third-order valence-corrected chi connectivity index (χ3v) is 7.70. The van der Waals surface area contributed by atoms with E-state index >= 15 is 0 Å². The van der Waals surface area contributed by atoms with Gasteiger partial charge in [-0.25, -0.2) is 8.42 Å². The number of rotatable bonds is 7. The zero-order chi connectivity index (χ0) is 23.4. The van der Waals surface area contributed by atoms with Crippen LogP contribution in [0.25, 0.3) is 11.5 Å². The minimum Gasteiger partial charge on any atom is -0.497 e. The number of sulfonamides is 1.